The molecule has 1 aromatic heterocycles. The minimum atomic E-state index is -0.598. The van der Waals surface area contributed by atoms with Crippen LogP contribution in [-0.4, -0.2) is 39.6 Å². The van der Waals surface area contributed by atoms with Crippen molar-refractivity contribution in [2.24, 2.45) is 5.92 Å². The van der Waals surface area contributed by atoms with Gasteiger partial charge in [0, 0.05) is 35.2 Å². The van der Waals surface area contributed by atoms with Gasteiger partial charge in [-0.05, 0) is 43.0 Å². The topological polar surface area (TPSA) is 67.2 Å². The zero-order valence-corrected chi connectivity index (χ0v) is 16.6. The third kappa shape index (κ3) is 3.71. The average molecular weight is 405 g/mol. The summed E-state index contributed by atoms with van der Waals surface area (Å²) < 4.78 is 1.70. The van der Waals surface area contributed by atoms with Crippen LogP contribution in [0.25, 0.3) is 5.69 Å². The van der Waals surface area contributed by atoms with E-state index in [9.17, 15) is 9.59 Å². The first-order chi connectivity index (χ1) is 13.0. The van der Waals surface area contributed by atoms with Crippen LogP contribution in [0.4, 0.5) is 5.82 Å². The number of nitrogens with one attached hydrogen (secondary N) is 1. The van der Waals surface area contributed by atoms with E-state index in [1.807, 2.05) is 12.1 Å². The molecule has 0 spiro atoms. The maximum atomic E-state index is 12.7. The summed E-state index contributed by atoms with van der Waals surface area (Å²) in [6, 6.07) is 7.26. The number of hydrogen-bond donors (Lipinski definition) is 1. The fraction of sp³-hybridized carbons (Fsp3) is 0.421. The Morgan fingerprint density at radius 2 is 2.04 bits per heavy atom. The Morgan fingerprint density at radius 1 is 1.26 bits per heavy atom. The lowest BCUT2D eigenvalue weighted by Crippen LogP contribution is -2.45. The summed E-state index contributed by atoms with van der Waals surface area (Å²) in [6.45, 7) is 3.38. The summed E-state index contributed by atoms with van der Waals surface area (Å²) in [5.41, 5.74) is 2.74. The summed E-state index contributed by atoms with van der Waals surface area (Å²) in [5.74, 6) is 1.52. The normalized spacial score (nSPS) is 19.0. The number of piperidine rings is 1. The first kappa shape index (κ1) is 18.4. The molecule has 142 valence electrons. The highest BCUT2D eigenvalue weighted by atomic mass is 35.5. The number of halogens is 1. The molecule has 6 nitrogen and oxygen atoms in total. The molecule has 0 radical (unpaired) electrons. The number of thioether (sulfide) groups is 1. The molecule has 2 amide bonds. The van der Waals surface area contributed by atoms with Crippen LogP contribution in [0.1, 0.15) is 31.0 Å². The SMILES string of the molecule is CC1CCCN(C(=O)C(=O)Nc2c3c(nn2-c2ccc(Cl)cc2)CSC3)C1. The first-order valence-corrected chi connectivity index (χ1v) is 10.6. The fourth-order valence-corrected chi connectivity index (χ4v) is 4.75. The first-order valence-electron chi connectivity index (χ1n) is 9.07. The van der Waals surface area contributed by atoms with Gasteiger partial charge in [0.25, 0.3) is 0 Å². The van der Waals surface area contributed by atoms with Crippen molar-refractivity contribution in [2.45, 2.75) is 31.3 Å². The van der Waals surface area contributed by atoms with Crippen molar-refractivity contribution in [2.75, 3.05) is 18.4 Å². The van der Waals surface area contributed by atoms with Gasteiger partial charge in [0.05, 0.1) is 11.4 Å². The molecule has 2 aromatic rings. The molecule has 8 heteroatoms. The molecule has 27 heavy (non-hydrogen) atoms. The van der Waals surface area contributed by atoms with E-state index in [4.69, 9.17) is 11.6 Å². The summed E-state index contributed by atoms with van der Waals surface area (Å²) in [7, 11) is 0. The van der Waals surface area contributed by atoms with Gasteiger partial charge in [0.2, 0.25) is 0 Å². The number of rotatable bonds is 2. The second-order valence-corrected chi connectivity index (χ2v) is 8.53. The van der Waals surface area contributed by atoms with Crippen molar-refractivity contribution in [3.05, 3.63) is 40.5 Å². The maximum absolute atomic E-state index is 12.7. The Kier molecular flexibility index (Phi) is 5.14. The van der Waals surface area contributed by atoms with Gasteiger partial charge in [-0.15, -0.1) is 0 Å². The molecule has 1 N–H and O–H groups in total. The fourth-order valence-electron chi connectivity index (χ4n) is 3.59. The van der Waals surface area contributed by atoms with Crippen LogP contribution >= 0.6 is 23.4 Å². The highest BCUT2D eigenvalue weighted by Crippen LogP contribution is 2.36. The molecular weight excluding hydrogens is 384 g/mol. The lowest BCUT2D eigenvalue weighted by molar-refractivity contribution is -0.144. The third-order valence-electron chi connectivity index (χ3n) is 4.99. The number of hydrogen-bond acceptors (Lipinski definition) is 4. The van der Waals surface area contributed by atoms with Crippen molar-refractivity contribution in [1.82, 2.24) is 14.7 Å². The summed E-state index contributed by atoms with van der Waals surface area (Å²) in [5, 5.41) is 8.11. The highest BCUT2D eigenvalue weighted by Gasteiger charge is 2.30. The molecule has 2 aliphatic heterocycles. The highest BCUT2D eigenvalue weighted by molar-refractivity contribution is 7.98. The van der Waals surface area contributed by atoms with Gasteiger partial charge >= 0.3 is 11.8 Å². The molecule has 3 heterocycles. The largest absolute Gasteiger partial charge is 0.334 e. The predicted molar refractivity (Wildman–Crippen MR) is 107 cm³/mol. The maximum Gasteiger partial charge on any atom is 0.315 e. The number of nitrogens with zero attached hydrogens (tertiary/aromatic N) is 3. The average Bonchev–Trinajstić information content (AvgIpc) is 3.24. The molecular formula is C19H21ClN4O2S. The lowest BCUT2D eigenvalue weighted by atomic mass is 10.0. The second kappa shape index (κ2) is 7.56. The van der Waals surface area contributed by atoms with Crippen LogP contribution in [0, 0.1) is 5.92 Å². The number of benzene rings is 1. The van der Waals surface area contributed by atoms with Gasteiger partial charge in [-0.3, -0.25) is 9.59 Å². The third-order valence-corrected chi connectivity index (χ3v) is 6.22. The minimum Gasteiger partial charge on any atom is -0.334 e. The van der Waals surface area contributed by atoms with E-state index in [-0.39, 0.29) is 0 Å². The number of fused-ring (bicyclic) bond motifs is 1. The smallest absolute Gasteiger partial charge is 0.315 e. The van der Waals surface area contributed by atoms with E-state index in [0.717, 1.165) is 41.3 Å². The predicted octanol–water partition coefficient (Wildman–Crippen LogP) is 3.47. The van der Waals surface area contributed by atoms with E-state index in [2.05, 4.69) is 17.3 Å². The van der Waals surface area contributed by atoms with Gasteiger partial charge in [-0.25, -0.2) is 4.68 Å². The number of anilines is 1. The quantitative estimate of drug-likeness (QED) is 0.778. The van der Waals surface area contributed by atoms with Crippen LogP contribution < -0.4 is 5.32 Å². The zero-order chi connectivity index (χ0) is 19.0. The molecule has 1 saturated heterocycles. The molecule has 0 bridgehead atoms. The van der Waals surface area contributed by atoms with Gasteiger partial charge in [-0.2, -0.15) is 16.9 Å². The second-order valence-electron chi connectivity index (χ2n) is 7.11. The van der Waals surface area contributed by atoms with Crippen LogP contribution in [0.2, 0.25) is 5.02 Å². The Bertz CT molecular complexity index is 881. The molecule has 1 unspecified atom stereocenters. The minimum absolute atomic E-state index is 0.427. The summed E-state index contributed by atoms with van der Waals surface area (Å²) >= 11 is 7.73. The Labute approximate surface area is 167 Å². The number of aromatic nitrogens is 2. The van der Waals surface area contributed by atoms with Crippen LogP contribution in [0.15, 0.2) is 24.3 Å². The Morgan fingerprint density at radius 3 is 2.78 bits per heavy atom. The molecule has 4 rings (SSSR count). The Balaban J connectivity index is 1.60. The van der Waals surface area contributed by atoms with Gasteiger partial charge in [0.1, 0.15) is 5.82 Å². The Hall–Kier alpha value is -1.99. The van der Waals surface area contributed by atoms with E-state index in [1.54, 1.807) is 33.5 Å². The van der Waals surface area contributed by atoms with Crippen molar-refractivity contribution in [3.63, 3.8) is 0 Å². The lowest BCUT2D eigenvalue weighted by Gasteiger charge is -2.30. The number of amides is 2. The number of likely N-dealkylation sites (tertiary alicyclic amines) is 1. The van der Waals surface area contributed by atoms with E-state index >= 15 is 0 Å². The molecule has 1 atom stereocenters. The van der Waals surface area contributed by atoms with Crippen LogP contribution in [0.5, 0.6) is 0 Å². The van der Waals surface area contributed by atoms with Crippen molar-refractivity contribution < 1.29 is 9.59 Å². The molecule has 0 aliphatic carbocycles. The van der Waals surface area contributed by atoms with Gasteiger partial charge in [-0.1, -0.05) is 18.5 Å². The summed E-state index contributed by atoms with van der Waals surface area (Å²) in [4.78, 5) is 27.0. The van der Waals surface area contributed by atoms with E-state index in [0.29, 0.717) is 29.8 Å². The van der Waals surface area contributed by atoms with Crippen LogP contribution in [-0.2, 0) is 21.1 Å². The summed E-state index contributed by atoms with van der Waals surface area (Å²) in [6.07, 6.45) is 2.04. The van der Waals surface area contributed by atoms with E-state index in [1.165, 1.54) is 0 Å². The molecule has 2 aliphatic rings. The van der Waals surface area contributed by atoms with Crippen LogP contribution in [0.3, 0.4) is 0 Å². The van der Waals surface area contributed by atoms with Crippen molar-refractivity contribution >= 4 is 41.0 Å². The van der Waals surface area contributed by atoms with Crippen molar-refractivity contribution in [1.29, 1.82) is 0 Å². The number of carbonyl (C=O) groups is 2. The monoisotopic (exact) mass is 404 g/mol. The molecule has 0 saturated carbocycles. The van der Waals surface area contributed by atoms with Gasteiger partial charge < -0.3 is 10.2 Å². The van der Waals surface area contributed by atoms with E-state index < -0.39 is 11.8 Å². The number of carbonyl (C=O) groups excluding carboxylic acids is 2. The zero-order valence-electron chi connectivity index (χ0n) is 15.1. The standard InChI is InChI=1S/C19H21ClN4O2S/c1-12-3-2-8-23(9-12)19(26)18(25)21-17-15-10-27-11-16(15)22-24(17)14-6-4-13(20)5-7-14/h4-7,12H,2-3,8-11H2,1H3,(H,21,25). The molecule has 1 aromatic carbocycles. The van der Waals surface area contributed by atoms with Gasteiger partial charge in [0.15, 0.2) is 0 Å². The molecule has 1 fully saturated rings. The van der Waals surface area contributed by atoms with Crippen molar-refractivity contribution in [3.8, 4) is 5.69 Å².